The van der Waals surface area contributed by atoms with Crippen molar-refractivity contribution in [2.75, 3.05) is 38.3 Å². The van der Waals surface area contributed by atoms with Crippen molar-refractivity contribution in [2.24, 2.45) is 0 Å². The topological polar surface area (TPSA) is 93.2 Å². The number of hydrogen-bond donors (Lipinski definition) is 0. The van der Waals surface area contributed by atoms with Gasteiger partial charge in [0.1, 0.15) is 5.75 Å². The van der Waals surface area contributed by atoms with Crippen molar-refractivity contribution in [3.8, 4) is 5.75 Å². The molecule has 9 heteroatoms. The number of sulfonamides is 1. The van der Waals surface area contributed by atoms with Crippen molar-refractivity contribution in [2.45, 2.75) is 30.6 Å². The summed E-state index contributed by atoms with van der Waals surface area (Å²) in [7, 11) is -2.23. The van der Waals surface area contributed by atoms with E-state index in [0.717, 1.165) is 30.5 Å². The lowest BCUT2D eigenvalue weighted by Gasteiger charge is -2.30. The second-order valence-electron chi connectivity index (χ2n) is 7.85. The third-order valence-corrected chi connectivity index (χ3v) is 7.68. The summed E-state index contributed by atoms with van der Waals surface area (Å²) in [6, 6.07) is 11.7. The molecule has 0 saturated carbocycles. The van der Waals surface area contributed by atoms with E-state index >= 15 is 0 Å². The van der Waals surface area contributed by atoms with Crippen LogP contribution in [0.2, 0.25) is 0 Å². The van der Waals surface area contributed by atoms with Gasteiger partial charge in [-0.25, -0.2) is 13.2 Å². The fourth-order valence-corrected chi connectivity index (χ4v) is 5.67. The Morgan fingerprint density at radius 3 is 2.53 bits per heavy atom. The van der Waals surface area contributed by atoms with Crippen LogP contribution in [-0.4, -0.2) is 58.0 Å². The first-order chi connectivity index (χ1) is 15.4. The molecular formula is C23H26N2O6S. The molecule has 4 rings (SSSR count). The van der Waals surface area contributed by atoms with Crippen LogP contribution in [0.25, 0.3) is 0 Å². The molecule has 1 fully saturated rings. The van der Waals surface area contributed by atoms with Gasteiger partial charge in [-0.1, -0.05) is 6.07 Å². The Morgan fingerprint density at radius 2 is 1.78 bits per heavy atom. The Kier molecular flexibility index (Phi) is 6.48. The molecule has 0 N–H and O–H groups in total. The first kappa shape index (κ1) is 22.3. The second kappa shape index (κ2) is 9.30. The molecule has 32 heavy (non-hydrogen) atoms. The number of hydrogen-bond acceptors (Lipinski definition) is 6. The molecule has 2 aliphatic heterocycles. The molecule has 0 spiro atoms. The van der Waals surface area contributed by atoms with Crippen LogP contribution in [0, 0.1) is 0 Å². The molecule has 2 aromatic rings. The summed E-state index contributed by atoms with van der Waals surface area (Å²) in [5.74, 6) is -0.318. The van der Waals surface area contributed by atoms with Crippen molar-refractivity contribution in [1.82, 2.24) is 4.31 Å². The predicted molar refractivity (Wildman–Crippen MR) is 118 cm³/mol. The highest BCUT2D eigenvalue weighted by molar-refractivity contribution is 7.89. The first-order valence-electron chi connectivity index (χ1n) is 10.6. The van der Waals surface area contributed by atoms with Crippen LogP contribution in [0.5, 0.6) is 5.75 Å². The highest BCUT2D eigenvalue weighted by Crippen LogP contribution is 2.32. The number of fused-ring (bicyclic) bond motifs is 1. The van der Waals surface area contributed by atoms with Crippen molar-refractivity contribution in [3.05, 3.63) is 53.6 Å². The van der Waals surface area contributed by atoms with Gasteiger partial charge in [0.25, 0.3) is 5.91 Å². The van der Waals surface area contributed by atoms with Gasteiger partial charge in [0.2, 0.25) is 10.0 Å². The zero-order valence-electron chi connectivity index (χ0n) is 18.0. The standard InChI is InChI=1S/C23H26N2O6S/c1-30-22(26)16-31-19-8-4-6-18(14-19)23(27)25-13-5-7-17-15-20(9-10-21(17)25)32(28,29)24-11-2-3-12-24/h4,6,8-10,14-15H,2-3,5,7,11-13,16H2,1H3. The monoisotopic (exact) mass is 458 g/mol. The third kappa shape index (κ3) is 4.49. The van der Waals surface area contributed by atoms with Crippen LogP contribution in [0.4, 0.5) is 5.69 Å². The summed E-state index contributed by atoms with van der Waals surface area (Å²) < 4.78 is 37.3. The van der Waals surface area contributed by atoms with E-state index < -0.39 is 16.0 Å². The molecule has 0 radical (unpaired) electrons. The minimum absolute atomic E-state index is 0.204. The average molecular weight is 459 g/mol. The Balaban J connectivity index is 1.57. The maximum Gasteiger partial charge on any atom is 0.343 e. The molecule has 170 valence electrons. The molecule has 0 aliphatic carbocycles. The second-order valence-corrected chi connectivity index (χ2v) is 9.79. The Morgan fingerprint density at radius 1 is 1.00 bits per heavy atom. The van der Waals surface area contributed by atoms with Gasteiger partial charge >= 0.3 is 5.97 Å². The van der Waals surface area contributed by atoms with Crippen molar-refractivity contribution < 1.29 is 27.5 Å². The molecule has 0 bridgehead atoms. The van der Waals surface area contributed by atoms with E-state index in [0.29, 0.717) is 37.4 Å². The van der Waals surface area contributed by atoms with E-state index in [9.17, 15) is 18.0 Å². The molecule has 1 saturated heterocycles. The van der Waals surface area contributed by atoms with Gasteiger partial charge in [-0.3, -0.25) is 4.79 Å². The van der Waals surface area contributed by atoms with Crippen LogP contribution >= 0.6 is 0 Å². The molecule has 2 aliphatic rings. The van der Waals surface area contributed by atoms with Gasteiger partial charge < -0.3 is 14.4 Å². The average Bonchev–Trinajstić information content (AvgIpc) is 3.37. The number of anilines is 1. The number of rotatable bonds is 6. The smallest absolute Gasteiger partial charge is 0.343 e. The maximum atomic E-state index is 13.3. The summed E-state index contributed by atoms with van der Waals surface area (Å²) >= 11 is 0. The van der Waals surface area contributed by atoms with Gasteiger partial charge in [0.15, 0.2) is 6.61 Å². The largest absolute Gasteiger partial charge is 0.482 e. The summed E-state index contributed by atoms with van der Waals surface area (Å²) in [5, 5.41) is 0. The zero-order valence-corrected chi connectivity index (χ0v) is 18.8. The highest BCUT2D eigenvalue weighted by atomic mass is 32.2. The summed E-state index contributed by atoms with van der Waals surface area (Å²) in [6.45, 7) is 1.41. The molecule has 0 atom stereocenters. The van der Waals surface area contributed by atoms with Gasteiger partial charge in [-0.05, 0) is 67.6 Å². The molecule has 0 aromatic heterocycles. The van der Waals surface area contributed by atoms with Crippen molar-refractivity contribution in [1.29, 1.82) is 0 Å². The lowest BCUT2D eigenvalue weighted by atomic mass is 10.0. The van der Waals surface area contributed by atoms with E-state index in [1.807, 2.05) is 0 Å². The first-order valence-corrected chi connectivity index (χ1v) is 12.1. The van der Waals surface area contributed by atoms with E-state index in [1.165, 1.54) is 11.4 Å². The normalized spacial score (nSPS) is 16.5. The van der Waals surface area contributed by atoms with E-state index in [-0.39, 0.29) is 17.4 Å². The number of carbonyl (C=O) groups excluding carboxylic acids is 2. The number of nitrogens with zero attached hydrogens (tertiary/aromatic N) is 2. The van der Waals surface area contributed by atoms with Crippen LogP contribution < -0.4 is 9.64 Å². The number of carbonyl (C=O) groups is 2. The molecule has 2 aromatic carbocycles. The number of amides is 1. The molecule has 1 amide bonds. The molecular weight excluding hydrogens is 432 g/mol. The highest BCUT2D eigenvalue weighted by Gasteiger charge is 2.30. The van der Waals surface area contributed by atoms with Crippen molar-refractivity contribution in [3.63, 3.8) is 0 Å². The summed E-state index contributed by atoms with van der Waals surface area (Å²) in [6.07, 6.45) is 3.22. The third-order valence-electron chi connectivity index (χ3n) is 5.78. The number of ether oxygens (including phenoxy) is 2. The van der Waals surface area contributed by atoms with Crippen LogP contribution in [-0.2, 0) is 26.0 Å². The molecule has 0 unspecified atom stereocenters. The molecule has 2 heterocycles. The fourth-order valence-electron chi connectivity index (χ4n) is 4.10. The van der Waals surface area contributed by atoms with E-state index in [4.69, 9.17) is 4.74 Å². The Labute approximate surface area is 187 Å². The van der Waals surface area contributed by atoms with Crippen LogP contribution in [0.1, 0.15) is 35.2 Å². The minimum atomic E-state index is -3.51. The quantitative estimate of drug-likeness (QED) is 0.618. The number of benzene rings is 2. The number of esters is 1. The summed E-state index contributed by atoms with van der Waals surface area (Å²) in [5.41, 5.74) is 2.00. The van der Waals surface area contributed by atoms with E-state index in [2.05, 4.69) is 4.74 Å². The summed E-state index contributed by atoms with van der Waals surface area (Å²) in [4.78, 5) is 26.5. The maximum absolute atomic E-state index is 13.3. The van der Waals surface area contributed by atoms with Gasteiger partial charge in [-0.2, -0.15) is 4.31 Å². The predicted octanol–water partition coefficient (Wildman–Crippen LogP) is 2.62. The van der Waals surface area contributed by atoms with Crippen molar-refractivity contribution >= 4 is 27.6 Å². The minimum Gasteiger partial charge on any atom is -0.482 e. The van der Waals surface area contributed by atoms with Gasteiger partial charge in [-0.15, -0.1) is 0 Å². The Hall–Kier alpha value is -2.91. The molecule has 8 nitrogen and oxygen atoms in total. The van der Waals surface area contributed by atoms with Gasteiger partial charge in [0.05, 0.1) is 12.0 Å². The zero-order chi connectivity index (χ0) is 22.7. The van der Waals surface area contributed by atoms with E-state index in [1.54, 1.807) is 47.4 Å². The number of aryl methyl sites for hydroxylation is 1. The Bertz CT molecular complexity index is 1130. The van der Waals surface area contributed by atoms with Crippen LogP contribution in [0.15, 0.2) is 47.4 Å². The SMILES string of the molecule is COC(=O)COc1cccc(C(=O)N2CCCc3cc(S(=O)(=O)N4CCCC4)ccc32)c1. The lowest BCUT2D eigenvalue weighted by molar-refractivity contribution is -0.142. The number of methoxy groups -OCH3 is 1. The van der Waals surface area contributed by atoms with Gasteiger partial charge in [0, 0.05) is 30.9 Å². The lowest BCUT2D eigenvalue weighted by Crippen LogP contribution is -2.35. The fraction of sp³-hybridized carbons (Fsp3) is 0.391. The van der Waals surface area contributed by atoms with Crippen LogP contribution in [0.3, 0.4) is 0 Å².